The number of carbonyl (C=O) groups is 1. The van der Waals surface area contributed by atoms with Gasteiger partial charge in [0, 0.05) is 30.7 Å². The zero-order valence-electron chi connectivity index (χ0n) is 17.4. The molecule has 8 heteroatoms. The highest BCUT2D eigenvalue weighted by atomic mass is 32.2. The Labute approximate surface area is 172 Å². The summed E-state index contributed by atoms with van der Waals surface area (Å²) in [6.45, 7) is 8.36. The van der Waals surface area contributed by atoms with Crippen molar-refractivity contribution >= 4 is 26.8 Å². The van der Waals surface area contributed by atoms with Crippen molar-refractivity contribution in [2.75, 3.05) is 25.4 Å². The lowest BCUT2D eigenvalue weighted by atomic mass is 9.99. The highest BCUT2D eigenvalue weighted by molar-refractivity contribution is 7.89. The fourth-order valence-corrected chi connectivity index (χ4v) is 5.36. The third-order valence-corrected chi connectivity index (χ3v) is 7.03. The number of amides is 1. The minimum absolute atomic E-state index is 0.0544. The average molecular weight is 420 g/mol. The van der Waals surface area contributed by atoms with Crippen LogP contribution in [0.25, 0.3) is 10.9 Å². The van der Waals surface area contributed by atoms with Gasteiger partial charge in [-0.3, -0.25) is 9.78 Å². The first-order valence-electron chi connectivity index (χ1n) is 10.0. The van der Waals surface area contributed by atoms with Crippen LogP contribution < -0.4 is 5.32 Å². The molecule has 0 bridgehead atoms. The highest BCUT2D eigenvalue weighted by Crippen LogP contribution is 2.23. The largest absolute Gasteiger partial charge is 0.373 e. The second-order valence-corrected chi connectivity index (χ2v) is 9.66. The van der Waals surface area contributed by atoms with Gasteiger partial charge in [0.1, 0.15) is 0 Å². The molecule has 1 N–H and O–H groups in total. The summed E-state index contributed by atoms with van der Waals surface area (Å²) in [5, 5.41) is 3.57. The van der Waals surface area contributed by atoms with Crippen LogP contribution in [0.5, 0.6) is 0 Å². The first-order valence-corrected chi connectivity index (χ1v) is 11.6. The van der Waals surface area contributed by atoms with Crippen LogP contribution in [0.4, 0.5) is 0 Å². The zero-order chi connectivity index (χ0) is 21.2. The summed E-state index contributed by atoms with van der Waals surface area (Å²) in [4.78, 5) is 17.6. The topological polar surface area (TPSA) is 88.6 Å². The predicted octanol–water partition coefficient (Wildman–Crippen LogP) is 2.27. The lowest BCUT2D eigenvalue weighted by Gasteiger charge is -2.34. The molecule has 29 heavy (non-hydrogen) atoms. The molecular weight excluding hydrogens is 390 g/mol. The van der Waals surface area contributed by atoms with Crippen LogP contribution in [0.1, 0.15) is 42.4 Å². The van der Waals surface area contributed by atoms with Crippen molar-refractivity contribution in [1.29, 1.82) is 0 Å². The van der Waals surface area contributed by atoms with E-state index < -0.39 is 10.0 Å². The van der Waals surface area contributed by atoms with Crippen LogP contribution in [0.15, 0.2) is 24.3 Å². The van der Waals surface area contributed by atoms with Crippen molar-refractivity contribution in [3.8, 4) is 0 Å². The number of ether oxygens (including phenoxy) is 1. The molecule has 2 atom stereocenters. The molecule has 1 aliphatic rings. The van der Waals surface area contributed by atoms with E-state index in [1.807, 2.05) is 52.0 Å². The smallest absolute Gasteiger partial charge is 0.252 e. The number of para-hydroxylation sites is 1. The number of hydrogen-bond acceptors (Lipinski definition) is 5. The van der Waals surface area contributed by atoms with Gasteiger partial charge < -0.3 is 10.1 Å². The van der Waals surface area contributed by atoms with E-state index in [4.69, 9.17) is 4.74 Å². The number of carbonyl (C=O) groups excluding carboxylic acids is 1. The molecule has 2 heterocycles. The number of fused-ring (bicyclic) bond motifs is 1. The van der Waals surface area contributed by atoms with Crippen LogP contribution in [0, 0.1) is 6.92 Å². The van der Waals surface area contributed by atoms with E-state index in [9.17, 15) is 13.2 Å². The van der Waals surface area contributed by atoms with Gasteiger partial charge in [-0.15, -0.1) is 0 Å². The Balaban J connectivity index is 1.74. The molecule has 1 fully saturated rings. The first kappa shape index (κ1) is 21.7. The minimum Gasteiger partial charge on any atom is -0.373 e. The van der Waals surface area contributed by atoms with Gasteiger partial charge in [0.15, 0.2) is 0 Å². The summed E-state index contributed by atoms with van der Waals surface area (Å²) >= 11 is 0. The maximum absolute atomic E-state index is 12.9. The number of benzene rings is 1. The Morgan fingerprint density at radius 1 is 1.24 bits per heavy atom. The summed E-state index contributed by atoms with van der Waals surface area (Å²) in [7, 11) is -3.47. The molecule has 3 rings (SSSR count). The Bertz CT molecular complexity index is 996. The third-order valence-electron chi connectivity index (χ3n) is 5.22. The van der Waals surface area contributed by atoms with Crippen LogP contribution in [-0.4, -0.2) is 61.2 Å². The Morgan fingerprint density at radius 2 is 1.90 bits per heavy atom. The number of aromatic nitrogens is 1. The van der Waals surface area contributed by atoms with Crippen molar-refractivity contribution in [1.82, 2.24) is 14.6 Å². The van der Waals surface area contributed by atoms with Crippen LogP contribution >= 0.6 is 0 Å². The van der Waals surface area contributed by atoms with Crippen molar-refractivity contribution in [2.24, 2.45) is 0 Å². The number of aryl methyl sites for hydroxylation is 1. The maximum atomic E-state index is 12.9. The summed E-state index contributed by atoms with van der Waals surface area (Å²) in [6.07, 6.45) is 0.446. The maximum Gasteiger partial charge on any atom is 0.252 e. The molecule has 1 aromatic heterocycles. The normalized spacial score (nSPS) is 20.7. The second-order valence-electron chi connectivity index (χ2n) is 7.58. The molecule has 1 aliphatic heterocycles. The lowest BCUT2D eigenvalue weighted by molar-refractivity contribution is -0.0440. The Morgan fingerprint density at radius 3 is 2.55 bits per heavy atom. The number of nitrogens with zero attached hydrogens (tertiary/aromatic N) is 2. The van der Waals surface area contributed by atoms with Crippen molar-refractivity contribution in [2.45, 2.75) is 46.3 Å². The van der Waals surface area contributed by atoms with Gasteiger partial charge in [0.05, 0.1) is 29.0 Å². The number of sulfonamides is 1. The molecule has 158 valence electrons. The van der Waals surface area contributed by atoms with Gasteiger partial charge in [-0.05, 0) is 38.8 Å². The van der Waals surface area contributed by atoms with E-state index in [1.54, 1.807) is 0 Å². The van der Waals surface area contributed by atoms with Crippen LogP contribution in [0.2, 0.25) is 0 Å². The van der Waals surface area contributed by atoms with Crippen LogP contribution in [-0.2, 0) is 21.2 Å². The van der Waals surface area contributed by atoms with Gasteiger partial charge in [-0.2, -0.15) is 4.31 Å². The van der Waals surface area contributed by atoms with E-state index >= 15 is 0 Å². The summed E-state index contributed by atoms with van der Waals surface area (Å²) in [5.41, 5.74) is 3.04. The molecule has 1 saturated heterocycles. The van der Waals surface area contributed by atoms with Crippen molar-refractivity contribution in [3.05, 3.63) is 41.1 Å². The SMILES string of the molecule is CCc1nc2ccccc2c(C(=O)NCCS(=O)(=O)N2CC(C)OC(C)C2)c1C. The molecule has 7 nitrogen and oxygen atoms in total. The molecule has 2 aromatic rings. The molecule has 2 unspecified atom stereocenters. The molecular formula is C21H29N3O4S. The number of morpholine rings is 1. The number of hydrogen-bond donors (Lipinski definition) is 1. The predicted molar refractivity (Wildman–Crippen MR) is 114 cm³/mol. The average Bonchev–Trinajstić information content (AvgIpc) is 2.66. The molecule has 0 aliphatic carbocycles. The van der Waals surface area contributed by atoms with Crippen molar-refractivity contribution in [3.63, 3.8) is 0 Å². The number of pyridine rings is 1. The van der Waals surface area contributed by atoms with E-state index in [2.05, 4.69) is 10.3 Å². The van der Waals surface area contributed by atoms with Crippen LogP contribution in [0.3, 0.4) is 0 Å². The lowest BCUT2D eigenvalue weighted by Crippen LogP contribution is -2.49. The van der Waals surface area contributed by atoms with Gasteiger partial charge in [-0.1, -0.05) is 25.1 Å². The fraction of sp³-hybridized carbons (Fsp3) is 0.524. The molecule has 1 aromatic carbocycles. The van der Waals surface area contributed by atoms with E-state index in [1.165, 1.54) is 4.31 Å². The first-order chi connectivity index (χ1) is 13.7. The van der Waals surface area contributed by atoms with Gasteiger partial charge in [-0.25, -0.2) is 8.42 Å². The monoisotopic (exact) mass is 419 g/mol. The standard InChI is InChI=1S/C21H29N3O4S/c1-5-18-16(4)20(17-8-6-7-9-19(17)23-18)21(25)22-10-11-29(26,27)24-12-14(2)28-15(3)13-24/h6-9,14-15H,5,10-13H2,1-4H3,(H,22,25). The van der Waals surface area contributed by atoms with Gasteiger partial charge in [0.2, 0.25) is 10.0 Å². The summed E-state index contributed by atoms with van der Waals surface area (Å²) < 4.78 is 32.4. The van der Waals surface area contributed by atoms with Crippen molar-refractivity contribution < 1.29 is 17.9 Å². The van der Waals surface area contributed by atoms with E-state index in [0.29, 0.717) is 18.7 Å². The second kappa shape index (κ2) is 8.77. The molecule has 0 saturated carbocycles. The zero-order valence-corrected chi connectivity index (χ0v) is 18.3. The molecule has 0 spiro atoms. The third kappa shape index (κ3) is 4.76. The van der Waals surface area contributed by atoms with E-state index in [0.717, 1.165) is 28.6 Å². The molecule has 1 amide bonds. The van der Waals surface area contributed by atoms with Gasteiger partial charge >= 0.3 is 0 Å². The fourth-order valence-electron chi connectivity index (χ4n) is 3.86. The quantitative estimate of drug-likeness (QED) is 0.776. The Hall–Kier alpha value is -2.03. The summed E-state index contributed by atoms with van der Waals surface area (Å²) in [5.74, 6) is -0.407. The highest BCUT2D eigenvalue weighted by Gasteiger charge is 2.30. The number of nitrogens with one attached hydrogen (secondary N) is 1. The van der Waals surface area contributed by atoms with Gasteiger partial charge in [0.25, 0.3) is 5.91 Å². The Kier molecular flexibility index (Phi) is 6.55. The van der Waals surface area contributed by atoms with E-state index in [-0.39, 0.29) is 30.4 Å². The summed E-state index contributed by atoms with van der Waals surface area (Å²) in [6, 6.07) is 7.52. The minimum atomic E-state index is -3.47. The number of rotatable bonds is 6. The molecule has 0 radical (unpaired) electrons.